The topological polar surface area (TPSA) is 662 Å². The van der Waals surface area contributed by atoms with Crippen LogP contribution in [0.4, 0.5) is 0 Å². The molecule has 7 aromatic carbocycles. The number of rotatable bonds is 20. The number of amides is 8. The largest absolute Gasteiger partial charge is 0.508 e. The van der Waals surface area contributed by atoms with Gasteiger partial charge in [-0.2, -0.15) is 0 Å². The summed E-state index contributed by atoms with van der Waals surface area (Å²) in [7, 11) is 0. The first-order valence-electron chi connectivity index (χ1n) is 42.1. The number of unbranched alkanes of at least 4 members (excludes halogenated alkanes) is 6. The van der Waals surface area contributed by atoms with Crippen molar-refractivity contribution in [3.05, 3.63) is 164 Å². The average Bonchev–Trinajstić information content (AvgIpc) is 0.757. The highest BCUT2D eigenvalue weighted by atomic mass is 35.5. The van der Waals surface area contributed by atoms with Gasteiger partial charge in [0.25, 0.3) is 0 Å². The van der Waals surface area contributed by atoms with E-state index in [1.54, 1.807) is 0 Å². The predicted molar refractivity (Wildman–Crippen MR) is 453 cm³/mol. The van der Waals surface area contributed by atoms with Crippen LogP contribution in [0.15, 0.2) is 115 Å². The van der Waals surface area contributed by atoms with Crippen LogP contribution in [-0.4, -0.2) is 254 Å². The number of fused-ring (bicyclic) bond motifs is 14. The number of carbonyl (C=O) groups excluding carboxylic acids is 8. The molecule has 3 fully saturated rings. The maximum Gasteiger partial charge on any atom is 0.330 e. The van der Waals surface area contributed by atoms with Crippen LogP contribution >= 0.6 is 23.2 Å². The lowest BCUT2D eigenvalue weighted by Gasteiger charge is -2.44. The third-order valence-electron chi connectivity index (χ3n) is 23.5. The van der Waals surface area contributed by atoms with Gasteiger partial charge in [0.05, 0.1) is 29.9 Å². The molecule has 7 aromatic rings. The van der Waals surface area contributed by atoms with Crippen molar-refractivity contribution in [1.82, 2.24) is 42.5 Å². The molecule has 23 atom stereocenters. The fourth-order valence-electron chi connectivity index (χ4n) is 16.5. The highest BCUT2D eigenvalue weighted by Gasteiger charge is 2.52. The number of hydrogen-bond acceptors (Lipinski definition) is 33. The summed E-state index contributed by atoms with van der Waals surface area (Å²) in [5, 5.41) is 190. The van der Waals surface area contributed by atoms with Crippen molar-refractivity contribution in [3.63, 3.8) is 0 Å². The Morgan fingerprint density at radius 2 is 1.03 bits per heavy atom. The molecule has 44 heteroatoms. The monoisotopic (exact) mass is 1880 g/mol. The predicted octanol–water partition coefficient (Wildman–Crippen LogP) is 1.16. The number of phenols is 4. The van der Waals surface area contributed by atoms with Crippen molar-refractivity contribution < 1.29 is 162 Å². The van der Waals surface area contributed by atoms with Crippen LogP contribution in [-0.2, 0) is 68.5 Å². The molecule has 16 rings (SSSR count). The second-order valence-electron chi connectivity index (χ2n) is 32.7. The van der Waals surface area contributed by atoms with E-state index in [2.05, 4.69) is 49.5 Å². The highest BCUT2D eigenvalue weighted by Crippen LogP contribution is 2.51. The summed E-state index contributed by atoms with van der Waals surface area (Å²) < 4.78 is 57.5. The molecule has 0 saturated carbocycles. The molecule has 8 amide bonds. The van der Waals surface area contributed by atoms with Gasteiger partial charge in [0.15, 0.2) is 35.3 Å². The van der Waals surface area contributed by atoms with E-state index in [0.29, 0.717) is 12.8 Å². The highest BCUT2D eigenvalue weighted by molar-refractivity contribution is 6.32. The lowest BCUT2D eigenvalue weighted by Crippen LogP contribution is -2.65. The molecule has 9 aliphatic rings. The van der Waals surface area contributed by atoms with Crippen LogP contribution in [0.5, 0.6) is 69.0 Å². The van der Waals surface area contributed by atoms with E-state index in [1.807, 2.05) is 0 Å². The normalized spacial score (nSPS) is 28.9. The minimum absolute atomic E-state index is 0.0272. The first-order valence-corrected chi connectivity index (χ1v) is 42.9. The Bertz CT molecular complexity index is 5540. The summed E-state index contributed by atoms with van der Waals surface area (Å²) >= 11 is 14.7. The van der Waals surface area contributed by atoms with Crippen molar-refractivity contribution in [2.45, 2.75) is 212 Å². The molecule has 0 radical (unpaired) electrons. The lowest BCUT2D eigenvalue weighted by molar-refractivity contribution is -0.284. The van der Waals surface area contributed by atoms with E-state index in [0.717, 1.165) is 124 Å². The molecule has 42 nitrogen and oxygen atoms in total. The maximum atomic E-state index is 17.0. The molecule has 132 heavy (non-hydrogen) atoms. The number of aromatic hydroxyl groups is 4. The summed E-state index contributed by atoms with van der Waals surface area (Å²) in [6, 6.07) is 0.681. The summed E-state index contributed by atoms with van der Waals surface area (Å²) in [5.74, 6) is -19.5. The molecule has 0 aliphatic carbocycles. The summed E-state index contributed by atoms with van der Waals surface area (Å²) in [5.41, 5.74) is 2.79. The van der Waals surface area contributed by atoms with Gasteiger partial charge in [-0.3, -0.25) is 38.4 Å². The molecule has 9 heterocycles. The van der Waals surface area contributed by atoms with Crippen molar-refractivity contribution in [3.8, 4) is 80.1 Å². The van der Waals surface area contributed by atoms with Gasteiger partial charge in [0.1, 0.15) is 156 Å². The van der Waals surface area contributed by atoms with Gasteiger partial charge in [-0.15, -0.1) is 0 Å². The zero-order valence-electron chi connectivity index (χ0n) is 70.1. The SMILES string of the molecule is CCCCCCCCCC(=O)N[C@H]1[C@H](Oc2c3cc4cc2Oc2ccc(cc2Cl)[C@@H](O[C@@H]2O[C@H](CO)[C@@H](O)[C@H](O)[C@H]2NC(C)=O)[C@@H]2NC(=O)[C@H](NC(=O)[C@@H]4NC(=O)[C@@H]4NC(=O)[C@H](Cc5ccc(c(Cl)c5)O3)NC(=O)[C@H](N)c3ccc(O)c(c3)Oc3cc(O)cc4c3)c3ccc(O)c(c3)-c3c(O[C@H]4O[C@H](CO)[C@@H](O)[C@H](O)[C@@H]4O)cc(O)cc3[C@@H](C(=O)O)NC2=O)O[C@H](CO)[C@@H](O)[C@@H]1O. The van der Waals surface area contributed by atoms with Crippen molar-refractivity contribution in [2.75, 3.05) is 19.8 Å². The van der Waals surface area contributed by atoms with E-state index in [4.69, 9.17) is 71.6 Å². The quantitative estimate of drug-likeness (QED) is 0.0476. The maximum absolute atomic E-state index is 17.0. The molecule has 17 bridgehead atoms. The molecular weight excluding hydrogens is 1780 g/mol. The Balaban J connectivity index is 1.04. The number of aliphatic hydroxyl groups excluding tert-OH is 10. The fraction of sp³-hybridized carbons (Fsp3) is 0.420. The van der Waals surface area contributed by atoms with Crippen LogP contribution in [0.1, 0.15) is 140 Å². The third-order valence-corrected chi connectivity index (χ3v) is 24.0. The number of carboxylic acid groups (broad SMARTS) is 1. The van der Waals surface area contributed by atoms with Gasteiger partial charge in [0.2, 0.25) is 65.6 Å². The van der Waals surface area contributed by atoms with Crippen molar-refractivity contribution in [2.24, 2.45) is 5.73 Å². The van der Waals surface area contributed by atoms with Gasteiger partial charge in [0, 0.05) is 48.6 Å². The fourth-order valence-corrected chi connectivity index (χ4v) is 17.0. The number of phenolic OH excluding ortho intramolecular Hbond substituents is 4. The van der Waals surface area contributed by atoms with Crippen molar-refractivity contribution in [1.29, 1.82) is 0 Å². The van der Waals surface area contributed by atoms with Crippen LogP contribution in [0.2, 0.25) is 10.0 Å². The number of aliphatic hydroxyl groups is 10. The van der Waals surface area contributed by atoms with Gasteiger partial charge >= 0.3 is 5.97 Å². The molecule has 706 valence electrons. The number of ether oxygens (including phenoxy) is 9. The van der Waals surface area contributed by atoms with E-state index < -0.39 is 316 Å². The van der Waals surface area contributed by atoms with Crippen LogP contribution < -0.4 is 72.0 Å². The van der Waals surface area contributed by atoms with Crippen LogP contribution in [0, 0.1) is 0 Å². The third kappa shape index (κ3) is 20.7. The molecular formula is C88H97Cl2N9O33. The van der Waals surface area contributed by atoms with Crippen LogP contribution in [0.25, 0.3) is 11.1 Å². The summed E-state index contributed by atoms with van der Waals surface area (Å²) in [6.07, 6.45) is -23.8. The number of nitrogens with two attached hydrogens (primary N) is 1. The standard InChI is InChI=1S/C88H97Cl2N9O33/c1-3-4-5-6-7-8-9-10-60(108)94-68-74(113)71(110)58(32-101)129-87(68)132-78-55-26-40-27-56(78)126-52-18-14-38(24-47(52)90)77(131-86-67(92-34(2)103)73(112)70(109)57(31-100)128-86)69-84(121)98-66(85(122)123)45-29-42(105)30-54(127-88-76(115)75(114)72(111)59(33-102)130-88)61(45)44-23-37(13-15-49(44)106)63(81(118)99-69)96-83(120)65(40)97-82(119)64-39-21-41(104)28-43(22-39)124-53-25-36(12-16-50(53)107)62(91)80(117)93-48(79(116)95-64)20-35-11-17-51(125-55)46(89)19-35/h11-19,21-30,48,57-59,62-77,86-88,100-102,104-107,109-115H,3-10,20,31-33,91H2,1-2H3,(H,92,103)(H,93,117)(H,94,108)(H,95,116)(H,96,120)(H,97,119)(H,98,121)(H,99,118)(H,122,123)/t48-,57+,58+,59+,62+,63+,64+,65+,66-,67+,68+,69-,70+,71+,72+,73+,74+,75-,76-,77+,86-,87-,88-/m0/s1. The van der Waals surface area contributed by atoms with E-state index in [9.17, 15) is 95.8 Å². The van der Waals surface area contributed by atoms with E-state index >= 15 is 24.0 Å². The molecule has 0 aromatic heterocycles. The number of carboxylic acids is 1. The number of nitrogens with one attached hydrogen (secondary N) is 8. The minimum Gasteiger partial charge on any atom is -0.508 e. The molecule has 9 aliphatic heterocycles. The van der Waals surface area contributed by atoms with E-state index in [-0.39, 0.29) is 39.8 Å². The molecule has 3 saturated heterocycles. The van der Waals surface area contributed by atoms with E-state index in [1.165, 1.54) is 30.3 Å². The number of benzene rings is 7. The van der Waals surface area contributed by atoms with Gasteiger partial charge in [-0.25, -0.2) is 4.79 Å². The summed E-state index contributed by atoms with van der Waals surface area (Å²) in [6.45, 7) is -0.110. The first kappa shape index (κ1) is 96.0. The number of halogens is 2. The second kappa shape index (κ2) is 41.0. The average molecular weight is 1880 g/mol. The Morgan fingerprint density at radius 3 is 1.66 bits per heavy atom. The lowest BCUT2D eigenvalue weighted by atomic mass is 9.89. The Labute approximate surface area is 759 Å². The first-order chi connectivity index (χ1) is 63.0. The number of carbonyl (C=O) groups is 9. The number of hydrogen-bond donors (Lipinski definition) is 24. The number of aliphatic carboxylic acids is 1. The zero-order valence-corrected chi connectivity index (χ0v) is 71.6. The Hall–Kier alpha value is -12.1. The van der Waals surface area contributed by atoms with Crippen LogP contribution in [0.3, 0.4) is 0 Å². The van der Waals surface area contributed by atoms with Crippen molar-refractivity contribution >= 4 is 76.4 Å². The molecule has 0 spiro atoms. The van der Waals surface area contributed by atoms with Gasteiger partial charge < -0.3 is 167 Å². The zero-order chi connectivity index (χ0) is 94.7. The van der Waals surface area contributed by atoms with Gasteiger partial charge in [-0.05, 0) is 119 Å². The minimum atomic E-state index is -2.59. The second-order valence-corrected chi connectivity index (χ2v) is 33.5. The Kier molecular flexibility index (Phi) is 29.8. The summed E-state index contributed by atoms with van der Waals surface area (Å²) in [4.78, 5) is 138. The smallest absolute Gasteiger partial charge is 0.330 e. The Morgan fingerprint density at radius 1 is 0.485 bits per heavy atom. The van der Waals surface area contributed by atoms with Gasteiger partial charge in [-0.1, -0.05) is 92.9 Å². The molecule has 25 N–H and O–H groups in total. The molecule has 0 unspecified atom stereocenters.